The molecule has 0 heterocycles. The van der Waals surface area contributed by atoms with Gasteiger partial charge in [-0.1, -0.05) is 67.2 Å². The molecule has 0 saturated heterocycles. The highest BCUT2D eigenvalue weighted by molar-refractivity contribution is 6.36. The van der Waals surface area contributed by atoms with Crippen LogP contribution in [0, 0.1) is 0 Å². The predicted molar refractivity (Wildman–Crippen MR) is 123 cm³/mol. The smallest absolute Gasteiger partial charge is 0.261 e. The number of carbonyl (C=O) groups excluding carboxylic acids is 2. The molecule has 7 heteroatoms. The lowest BCUT2D eigenvalue weighted by Crippen LogP contribution is -2.52. The molecule has 0 spiro atoms. The first-order valence-corrected chi connectivity index (χ1v) is 11.5. The second kappa shape index (κ2) is 11.4. The molecule has 3 rings (SSSR count). The first-order valence-electron chi connectivity index (χ1n) is 10.7. The molecular formula is C24H28Cl2N2O3. The largest absolute Gasteiger partial charge is 0.484 e. The van der Waals surface area contributed by atoms with Crippen LogP contribution in [0.25, 0.3) is 0 Å². The summed E-state index contributed by atoms with van der Waals surface area (Å²) in [4.78, 5) is 27.8. The number of nitrogens with one attached hydrogen (secondary N) is 1. The Hall–Kier alpha value is -2.24. The van der Waals surface area contributed by atoms with Gasteiger partial charge >= 0.3 is 0 Å². The Balaban J connectivity index is 1.80. The second-order valence-electron chi connectivity index (χ2n) is 7.74. The average Bonchev–Trinajstić information content (AvgIpc) is 3.27. The van der Waals surface area contributed by atoms with Crippen LogP contribution in [-0.2, 0) is 16.1 Å². The van der Waals surface area contributed by atoms with E-state index in [0.29, 0.717) is 27.8 Å². The van der Waals surface area contributed by atoms with Gasteiger partial charge in [-0.05, 0) is 43.5 Å². The third kappa shape index (κ3) is 6.37. The molecule has 0 radical (unpaired) electrons. The standard InChI is InChI=1S/C24H28Cl2N2O3/c1-2-22(24(30)27-17-9-6-7-10-17)28(15-19-20(25)13-8-14-21(19)26)23(29)16-31-18-11-4-3-5-12-18/h3-5,8,11-14,17,22H,2,6-7,9-10,15-16H2,1H3,(H,27,30)/t22-/m1/s1. The van der Waals surface area contributed by atoms with E-state index in [0.717, 1.165) is 25.7 Å². The molecule has 166 valence electrons. The van der Waals surface area contributed by atoms with Gasteiger partial charge in [-0.25, -0.2) is 0 Å². The molecule has 0 aromatic heterocycles. The number of nitrogens with zero attached hydrogens (tertiary/aromatic N) is 1. The van der Waals surface area contributed by atoms with Gasteiger partial charge in [-0.2, -0.15) is 0 Å². The van der Waals surface area contributed by atoms with Gasteiger partial charge in [-0.15, -0.1) is 0 Å². The van der Waals surface area contributed by atoms with E-state index in [2.05, 4.69) is 5.32 Å². The summed E-state index contributed by atoms with van der Waals surface area (Å²) in [7, 11) is 0. The number of rotatable bonds is 9. The van der Waals surface area contributed by atoms with Crippen molar-refractivity contribution < 1.29 is 14.3 Å². The number of carbonyl (C=O) groups is 2. The van der Waals surface area contributed by atoms with Crippen molar-refractivity contribution in [3.05, 3.63) is 64.1 Å². The number of hydrogen-bond acceptors (Lipinski definition) is 3. The predicted octanol–water partition coefficient (Wildman–Crippen LogP) is 5.24. The van der Waals surface area contributed by atoms with Gasteiger partial charge in [0.25, 0.3) is 5.91 Å². The van der Waals surface area contributed by atoms with E-state index in [-0.39, 0.29) is 31.0 Å². The van der Waals surface area contributed by atoms with Gasteiger partial charge in [-0.3, -0.25) is 9.59 Å². The molecule has 0 unspecified atom stereocenters. The van der Waals surface area contributed by atoms with Gasteiger partial charge < -0.3 is 15.0 Å². The zero-order valence-corrected chi connectivity index (χ0v) is 19.2. The van der Waals surface area contributed by atoms with Crippen molar-refractivity contribution in [2.24, 2.45) is 0 Å². The highest BCUT2D eigenvalue weighted by atomic mass is 35.5. The Morgan fingerprint density at radius 3 is 2.32 bits per heavy atom. The minimum atomic E-state index is -0.639. The van der Waals surface area contributed by atoms with Gasteiger partial charge in [0.15, 0.2) is 6.61 Å². The Morgan fingerprint density at radius 1 is 1.06 bits per heavy atom. The summed E-state index contributed by atoms with van der Waals surface area (Å²) < 4.78 is 5.67. The molecule has 1 aliphatic rings. The van der Waals surface area contributed by atoms with Gasteiger partial charge in [0.05, 0.1) is 0 Å². The van der Waals surface area contributed by atoms with Crippen LogP contribution in [0.3, 0.4) is 0 Å². The summed E-state index contributed by atoms with van der Waals surface area (Å²) in [6.07, 6.45) is 4.65. The van der Waals surface area contributed by atoms with Crippen LogP contribution < -0.4 is 10.1 Å². The molecular weight excluding hydrogens is 435 g/mol. The quantitative estimate of drug-likeness (QED) is 0.554. The van der Waals surface area contributed by atoms with Crippen LogP contribution >= 0.6 is 23.2 Å². The Labute approximate surface area is 193 Å². The van der Waals surface area contributed by atoms with Crippen molar-refractivity contribution in [3.63, 3.8) is 0 Å². The topological polar surface area (TPSA) is 58.6 Å². The van der Waals surface area contributed by atoms with Gasteiger partial charge in [0.2, 0.25) is 5.91 Å². The Morgan fingerprint density at radius 2 is 1.71 bits per heavy atom. The fourth-order valence-corrected chi connectivity index (χ4v) is 4.40. The van der Waals surface area contributed by atoms with E-state index < -0.39 is 6.04 Å². The lowest BCUT2D eigenvalue weighted by atomic mass is 10.1. The van der Waals surface area contributed by atoms with E-state index in [1.165, 1.54) is 4.90 Å². The van der Waals surface area contributed by atoms with Crippen LogP contribution in [0.4, 0.5) is 0 Å². The Kier molecular flexibility index (Phi) is 8.61. The van der Waals surface area contributed by atoms with Crippen molar-refractivity contribution in [1.82, 2.24) is 10.2 Å². The highest BCUT2D eigenvalue weighted by Crippen LogP contribution is 2.27. The van der Waals surface area contributed by atoms with E-state index in [1.807, 2.05) is 25.1 Å². The van der Waals surface area contributed by atoms with Crippen LogP contribution in [0.5, 0.6) is 5.75 Å². The van der Waals surface area contributed by atoms with Crippen LogP contribution in [-0.4, -0.2) is 35.4 Å². The molecule has 1 saturated carbocycles. The average molecular weight is 463 g/mol. The highest BCUT2D eigenvalue weighted by Gasteiger charge is 2.31. The molecule has 31 heavy (non-hydrogen) atoms. The zero-order valence-electron chi connectivity index (χ0n) is 17.7. The Bertz CT molecular complexity index is 865. The van der Waals surface area contributed by atoms with Gasteiger partial charge in [0.1, 0.15) is 11.8 Å². The fourth-order valence-electron chi connectivity index (χ4n) is 3.89. The number of para-hydroxylation sites is 1. The normalized spacial score (nSPS) is 14.8. The maximum Gasteiger partial charge on any atom is 0.261 e. The minimum absolute atomic E-state index is 0.131. The summed E-state index contributed by atoms with van der Waals surface area (Å²) in [6.45, 7) is 1.84. The number of halogens is 2. The molecule has 1 atom stereocenters. The first-order chi connectivity index (χ1) is 15.0. The number of benzene rings is 2. The molecule has 0 bridgehead atoms. The number of amides is 2. The lowest BCUT2D eigenvalue weighted by molar-refractivity contribution is -0.143. The monoisotopic (exact) mass is 462 g/mol. The minimum Gasteiger partial charge on any atom is -0.484 e. The van der Waals surface area contributed by atoms with Crippen molar-refractivity contribution in [2.45, 2.75) is 57.7 Å². The molecule has 5 nitrogen and oxygen atoms in total. The van der Waals surface area contributed by atoms with Crippen molar-refractivity contribution in [2.75, 3.05) is 6.61 Å². The molecule has 2 amide bonds. The maximum atomic E-state index is 13.2. The molecule has 0 aliphatic heterocycles. The molecule has 2 aromatic carbocycles. The molecule has 1 aliphatic carbocycles. The third-order valence-corrected chi connectivity index (χ3v) is 6.29. The zero-order chi connectivity index (χ0) is 22.2. The van der Waals surface area contributed by atoms with E-state index >= 15 is 0 Å². The van der Waals surface area contributed by atoms with Crippen LogP contribution in [0.1, 0.15) is 44.6 Å². The summed E-state index contributed by atoms with van der Waals surface area (Å²) in [5.74, 6) is 0.147. The molecule has 2 aromatic rings. The SMILES string of the molecule is CC[C@H](C(=O)NC1CCCC1)N(Cc1c(Cl)cccc1Cl)C(=O)COc1ccccc1. The molecule has 1 fully saturated rings. The fraction of sp³-hybridized carbons (Fsp3) is 0.417. The summed E-state index contributed by atoms with van der Waals surface area (Å²) in [5, 5.41) is 4.03. The van der Waals surface area contributed by atoms with E-state index in [1.54, 1.807) is 30.3 Å². The third-order valence-electron chi connectivity index (χ3n) is 5.58. The van der Waals surface area contributed by atoms with Crippen molar-refractivity contribution in [1.29, 1.82) is 0 Å². The summed E-state index contributed by atoms with van der Waals surface area (Å²) in [5.41, 5.74) is 0.617. The lowest BCUT2D eigenvalue weighted by Gasteiger charge is -2.32. The number of ether oxygens (including phenoxy) is 1. The first kappa shape index (κ1) is 23.4. The summed E-state index contributed by atoms with van der Waals surface area (Å²) in [6, 6.07) is 13.9. The van der Waals surface area contributed by atoms with Crippen molar-refractivity contribution in [3.8, 4) is 5.75 Å². The number of hydrogen-bond donors (Lipinski definition) is 1. The van der Waals surface area contributed by atoms with E-state index in [9.17, 15) is 9.59 Å². The maximum absolute atomic E-state index is 13.2. The van der Waals surface area contributed by atoms with Crippen LogP contribution in [0.2, 0.25) is 10.0 Å². The van der Waals surface area contributed by atoms with E-state index in [4.69, 9.17) is 27.9 Å². The second-order valence-corrected chi connectivity index (χ2v) is 8.55. The van der Waals surface area contributed by atoms with Crippen molar-refractivity contribution >= 4 is 35.0 Å². The summed E-state index contributed by atoms with van der Waals surface area (Å²) >= 11 is 12.7. The molecule has 1 N–H and O–H groups in total. The van der Waals surface area contributed by atoms with Crippen LogP contribution in [0.15, 0.2) is 48.5 Å². The van der Waals surface area contributed by atoms with Gasteiger partial charge in [0, 0.05) is 28.2 Å².